The Labute approximate surface area is 117 Å². The molecule has 21 heavy (non-hydrogen) atoms. The van der Waals surface area contributed by atoms with Crippen molar-refractivity contribution in [3.05, 3.63) is 0 Å². The summed E-state index contributed by atoms with van der Waals surface area (Å²) in [5.74, 6) is -2.29. The first-order valence-electron chi connectivity index (χ1n) is 5.64. The van der Waals surface area contributed by atoms with E-state index in [4.69, 9.17) is 5.11 Å². The van der Waals surface area contributed by atoms with Crippen LogP contribution in [0.25, 0.3) is 0 Å². The van der Waals surface area contributed by atoms with Crippen molar-refractivity contribution in [3.8, 4) is 0 Å². The van der Waals surface area contributed by atoms with E-state index in [-0.39, 0.29) is 6.54 Å². The lowest BCUT2D eigenvalue weighted by molar-refractivity contribution is -0.173. The maximum atomic E-state index is 11.7. The van der Waals surface area contributed by atoms with Crippen LogP contribution < -0.4 is 10.6 Å². The molecule has 0 aliphatic heterocycles. The lowest BCUT2D eigenvalue weighted by Crippen LogP contribution is -2.47. The number of urea groups is 1. The van der Waals surface area contributed by atoms with Crippen molar-refractivity contribution >= 4 is 18.0 Å². The Morgan fingerprint density at radius 2 is 1.90 bits per heavy atom. The van der Waals surface area contributed by atoms with Crippen molar-refractivity contribution in [3.63, 3.8) is 0 Å². The number of carboxylic acid groups (broad SMARTS) is 1. The summed E-state index contributed by atoms with van der Waals surface area (Å²) in [5, 5.41) is 12.8. The molecule has 0 heterocycles. The molecule has 0 saturated heterocycles. The number of hydrogen-bond acceptors (Lipinski definition) is 5. The second-order valence-corrected chi connectivity index (χ2v) is 3.74. The zero-order valence-electron chi connectivity index (χ0n) is 11.0. The number of carbonyl (C=O) groups is 3. The van der Waals surface area contributed by atoms with Crippen LogP contribution >= 0.6 is 0 Å². The minimum atomic E-state index is -4.46. The van der Waals surface area contributed by atoms with Gasteiger partial charge in [-0.2, -0.15) is 13.2 Å². The Morgan fingerprint density at radius 3 is 2.38 bits per heavy atom. The van der Waals surface area contributed by atoms with Gasteiger partial charge in [-0.25, -0.2) is 9.59 Å². The molecule has 1 atom stereocenters. The summed E-state index contributed by atoms with van der Waals surface area (Å²) in [6.45, 7) is -2.11. The van der Waals surface area contributed by atoms with Gasteiger partial charge in [0.2, 0.25) is 0 Å². The molecule has 11 heteroatoms. The number of methoxy groups -OCH3 is 1. The first-order valence-corrected chi connectivity index (χ1v) is 5.64. The Balaban J connectivity index is 3.99. The maximum Gasteiger partial charge on any atom is 0.411 e. The summed E-state index contributed by atoms with van der Waals surface area (Å²) in [4.78, 5) is 33.0. The highest BCUT2D eigenvalue weighted by atomic mass is 19.4. The highest BCUT2D eigenvalue weighted by molar-refractivity contribution is 5.86. The number of aliphatic carboxylic acids is 1. The first kappa shape index (κ1) is 19.0. The van der Waals surface area contributed by atoms with E-state index in [1.165, 1.54) is 0 Å². The topological polar surface area (TPSA) is 114 Å². The number of rotatable bonds is 8. The lowest BCUT2D eigenvalue weighted by atomic mass is 10.2. The molecular formula is C10H15F3N2O6. The van der Waals surface area contributed by atoms with E-state index in [1.807, 2.05) is 5.32 Å². The number of carbonyl (C=O) groups excluding carboxylic acids is 2. The van der Waals surface area contributed by atoms with E-state index in [0.29, 0.717) is 0 Å². The summed E-state index contributed by atoms with van der Waals surface area (Å²) in [5.41, 5.74) is 0. The highest BCUT2D eigenvalue weighted by Crippen LogP contribution is 2.13. The Morgan fingerprint density at radius 1 is 1.29 bits per heavy atom. The predicted octanol–water partition coefficient (Wildman–Crippen LogP) is -0.119. The van der Waals surface area contributed by atoms with Crippen molar-refractivity contribution < 1.29 is 42.1 Å². The van der Waals surface area contributed by atoms with Gasteiger partial charge in [0, 0.05) is 6.54 Å². The third kappa shape index (κ3) is 10.4. The van der Waals surface area contributed by atoms with Crippen LogP contribution in [0.2, 0.25) is 0 Å². The Kier molecular flexibility index (Phi) is 8.12. The SMILES string of the molecule is COC(=O)C[C@H](NC(=O)NCCOCC(F)(F)F)C(=O)O. The fraction of sp³-hybridized carbons (Fsp3) is 0.700. The van der Waals surface area contributed by atoms with Crippen LogP contribution in [-0.4, -0.2) is 62.2 Å². The van der Waals surface area contributed by atoms with Gasteiger partial charge in [0.1, 0.15) is 12.6 Å². The van der Waals surface area contributed by atoms with Crippen LogP contribution in [0.4, 0.5) is 18.0 Å². The minimum Gasteiger partial charge on any atom is -0.480 e. The van der Waals surface area contributed by atoms with Crippen LogP contribution in [0, 0.1) is 0 Å². The molecule has 0 aromatic heterocycles. The molecule has 2 amide bonds. The third-order valence-corrected chi connectivity index (χ3v) is 2.00. The summed E-state index contributed by atoms with van der Waals surface area (Å²) in [6.07, 6.45) is -5.04. The van der Waals surface area contributed by atoms with E-state index in [9.17, 15) is 27.6 Å². The van der Waals surface area contributed by atoms with Crippen LogP contribution in [0.5, 0.6) is 0 Å². The van der Waals surface area contributed by atoms with E-state index in [1.54, 1.807) is 0 Å². The molecular weight excluding hydrogens is 301 g/mol. The molecule has 0 aliphatic carbocycles. The van der Waals surface area contributed by atoms with Gasteiger partial charge < -0.3 is 25.2 Å². The summed E-state index contributed by atoms with van der Waals surface area (Å²) >= 11 is 0. The molecule has 0 fully saturated rings. The number of amides is 2. The molecule has 0 aliphatic rings. The molecule has 0 spiro atoms. The van der Waals surface area contributed by atoms with Gasteiger partial charge >= 0.3 is 24.1 Å². The van der Waals surface area contributed by atoms with Gasteiger partial charge in [-0.05, 0) is 0 Å². The molecule has 3 N–H and O–H groups in total. The summed E-state index contributed by atoms with van der Waals surface area (Å²) in [7, 11) is 1.05. The smallest absolute Gasteiger partial charge is 0.411 e. The van der Waals surface area contributed by atoms with Crippen LogP contribution in [-0.2, 0) is 19.1 Å². The summed E-state index contributed by atoms with van der Waals surface area (Å²) < 4.78 is 43.7. The molecule has 0 rings (SSSR count). The molecule has 0 aromatic rings. The monoisotopic (exact) mass is 316 g/mol. The van der Waals surface area contributed by atoms with Gasteiger partial charge in [0.25, 0.3) is 0 Å². The number of halogens is 3. The van der Waals surface area contributed by atoms with E-state index in [2.05, 4.69) is 14.8 Å². The second-order valence-electron chi connectivity index (χ2n) is 3.74. The normalized spacial score (nSPS) is 12.4. The van der Waals surface area contributed by atoms with Crippen LogP contribution in [0.1, 0.15) is 6.42 Å². The Hall–Kier alpha value is -2.04. The predicted molar refractivity (Wildman–Crippen MR) is 61.5 cm³/mol. The number of carboxylic acids is 1. The van der Waals surface area contributed by atoms with Gasteiger partial charge in [-0.1, -0.05) is 0 Å². The molecule has 0 bridgehead atoms. The van der Waals surface area contributed by atoms with Crippen molar-refractivity contribution in [2.75, 3.05) is 26.9 Å². The largest absolute Gasteiger partial charge is 0.480 e. The van der Waals surface area contributed by atoms with E-state index >= 15 is 0 Å². The molecule has 0 saturated carbocycles. The second kappa shape index (κ2) is 9.00. The average Bonchev–Trinajstić information content (AvgIpc) is 2.35. The van der Waals surface area contributed by atoms with Crippen LogP contribution in [0.15, 0.2) is 0 Å². The number of alkyl halides is 3. The zero-order valence-corrected chi connectivity index (χ0v) is 11.0. The van der Waals surface area contributed by atoms with Crippen LogP contribution in [0.3, 0.4) is 0 Å². The average molecular weight is 316 g/mol. The number of nitrogens with one attached hydrogen (secondary N) is 2. The standard InChI is InChI=1S/C10H15F3N2O6/c1-20-7(16)4-6(8(17)18)15-9(19)14-2-3-21-5-10(11,12)13/h6H,2-5H2,1H3,(H,17,18)(H2,14,15,19)/t6-/m0/s1. The van der Waals surface area contributed by atoms with E-state index in [0.717, 1.165) is 7.11 Å². The lowest BCUT2D eigenvalue weighted by Gasteiger charge is -2.14. The van der Waals surface area contributed by atoms with Gasteiger partial charge in [-0.3, -0.25) is 4.79 Å². The number of hydrogen-bond donors (Lipinski definition) is 3. The van der Waals surface area contributed by atoms with Crippen molar-refractivity contribution in [1.82, 2.24) is 10.6 Å². The molecule has 8 nitrogen and oxygen atoms in total. The molecule has 0 radical (unpaired) electrons. The summed E-state index contributed by atoms with van der Waals surface area (Å²) in [6, 6.07) is -2.46. The van der Waals surface area contributed by atoms with Gasteiger partial charge in [0.15, 0.2) is 0 Å². The van der Waals surface area contributed by atoms with E-state index < -0.39 is 49.8 Å². The number of esters is 1. The number of ether oxygens (including phenoxy) is 2. The molecule has 0 unspecified atom stereocenters. The first-order chi connectivity index (χ1) is 9.65. The molecule has 122 valence electrons. The van der Waals surface area contributed by atoms with Crippen molar-refractivity contribution in [2.24, 2.45) is 0 Å². The van der Waals surface area contributed by atoms with Crippen molar-refractivity contribution in [2.45, 2.75) is 18.6 Å². The quantitative estimate of drug-likeness (QED) is 0.425. The van der Waals surface area contributed by atoms with Gasteiger partial charge in [0.05, 0.1) is 20.1 Å². The Bertz CT molecular complexity index is 374. The minimum absolute atomic E-state index is 0.257. The highest BCUT2D eigenvalue weighted by Gasteiger charge is 2.27. The van der Waals surface area contributed by atoms with Gasteiger partial charge in [-0.15, -0.1) is 0 Å². The zero-order chi connectivity index (χ0) is 16.5. The fourth-order valence-corrected chi connectivity index (χ4v) is 1.08. The molecule has 0 aromatic carbocycles. The fourth-order valence-electron chi connectivity index (χ4n) is 1.08. The third-order valence-electron chi connectivity index (χ3n) is 2.00. The van der Waals surface area contributed by atoms with Crippen molar-refractivity contribution in [1.29, 1.82) is 0 Å². The maximum absolute atomic E-state index is 11.7.